The lowest BCUT2D eigenvalue weighted by atomic mass is 9.90. The highest BCUT2D eigenvalue weighted by atomic mass is 35.5. The molecule has 0 radical (unpaired) electrons. The molecule has 2 aliphatic heterocycles. The van der Waals surface area contributed by atoms with Gasteiger partial charge in [-0.2, -0.15) is 4.68 Å². The zero-order chi connectivity index (χ0) is 61.7. The maximum Gasteiger partial charge on any atom is 0.442 e. The van der Waals surface area contributed by atoms with E-state index in [0.29, 0.717) is 54.2 Å². The average Bonchev–Trinajstić information content (AvgIpc) is 3.14. The number of allylic oxidation sites excluding steroid dienone is 2. The molecule has 3 amide bonds. The Bertz CT molecular complexity index is 3450. The molecular formula is C58H55Cl10FN4O10. The number of halogens is 11. The van der Waals surface area contributed by atoms with Gasteiger partial charge in [0.2, 0.25) is 5.89 Å². The Morgan fingerprint density at radius 3 is 1.81 bits per heavy atom. The summed E-state index contributed by atoms with van der Waals surface area (Å²) >= 11 is 58.5. The van der Waals surface area contributed by atoms with Crippen LogP contribution >= 0.6 is 116 Å². The Labute approximate surface area is 529 Å². The lowest BCUT2D eigenvalue weighted by Gasteiger charge is -2.42. The van der Waals surface area contributed by atoms with Gasteiger partial charge in [0, 0.05) is 27.6 Å². The second-order valence-electron chi connectivity index (χ2n) is 20.8. The first-order valence-electron chi connectivity index (χ1n) is 25.3. The molecular weight excluding hydrogens is 1290 g/mol. The van der Waals surface area contributed by atoms with E-state index < -0.39 is 29.1 Å². The minimum absolute atomic E-state index is 0.00904. The van der Waals surface area contributed by atoms with Crippen molar-refractivity contribution < 1.29 is 47.2 Å². The molecule has 1 aliphatic carbocycles. The van der Waals surface area contributed by atoms with E-state index in [-0.39, 0.29) is 88.4 Å². The van der Waals surface area contributed by atoms with Crippen molar-refractivity contribution in [3.05, 3.63) is 173 Å². The normalized spacial score (nSPS) is 14.6. The van der Waals surface area contributed by atoms with E-state index in [0.717, 1.165) is 47.6 Å². The molecule has 5 aromatic carbocycles. The van der Waals surface area contributed by atoms with Crippen LogP contribution in [0.3, 0.4) is 0 Å². The number of phenols is 1. The number of ether oxygens (including phenoxy) is 4. The van der Waals surface area contributed by atoms with Crippen LogP contribution in [0.2, 0.25) is 50.2 Å². The Balaban J connectivity index is 0.000000183. The number of carbonyl (C=O) groups is 3. The molecule has 1 saturated carbocycles. The van der Waals surface area contributed by atoms with Gasteiger partial charge in [-0.05, 0) is 121 Å². The summed E-state index contributed by atoms with van der Waals surface area (Å²) in [4.78, 5) is 52.0. The van der Waals surface area contributed by atoms with Gasteiger partial charge in [-0.25, -0.2) is 18.9 Å². The SMILES string of the molecule is CC(C)=C1OC(=O)N(c2cc(OC3CCCC3)c(Cl)cc2F)C1=O.CC(C)Oc1cc(-n2nc(C(C)(C)C)oc2=O)c(Cl)cc1Cl.CC1=C(c2ccccc2)C(=O)N(C(C)(C)c2cc(Cl)cc(Cl)c2)CO1.Oc1c(Cl)c(Cl)c(Cl)c(Cl)c1Cl. The highest BCUT2D eigenvalue weighted by Gasteiger charge is 2.41. The number of hydrogen-bond donors (Lipinski definition) is 1. The number of benzene rings is 5. The van der Waals surface area contributed by atoms with Gasteiger partial charge in [-0.1, -0.05) is 167 Å². The second kappa shape index (κ2) is 28.0. The Kier molecular flexibility index (Phi) is 22.6. The summed E-state index contributed by atoms with van der Waals surface area (Å²) in [5.74, 6) is -0.977. The van der Waals surface area contributed by atoms with Crippen molar-refractivity contribution in [1.29, 1.82) is 0 Å². The van der Waals surface area contributed by atoms with Crippen LogP contribution < -0.4 is 20.1 Å². The number of rotatable bonds is 9. The zero-order valence-electron chi connectivity index (χ0n) is 46.2. The van der Waals surface area contributed by atoms with Crippen LogP contribution in [0.5, 0.6) is 17.2 Å². The molecule has 0 atom stereocenters. The molecule has 1 aromatic heterocycles. The third kappa shape index (κ3) is 15.9. The Hall–Kier alpha value is -5.04. The molecule has 25 heteroatoms. The number of hydrogen-bond acceptors (Lipinski definition) is 11. The number of aromatic nitrogens is 2. The molecule has 1 saturated heterocycles. The van der Waals surface area contributed by atoms with Crippen molar-refractivity contribution >= 4 is 145 Å². The Morgan fingerprint density at radius 2 is 1.28 bits per heavy atom. The smallest absolute Gasteiger partial charge is 0.442 e. The lowest BCUT2D eigenvalue weighted by Crippen LogP contribution is -2.49. The molecule has 444 valence electrons. The summed E-state index contributed by atoms with van der Waals surface area (Å²) in [5.41, 5.74) is 1.93. The minimum atomic E-state index is -0.941. The number of cyclic esters (lactones) is 1. The number of phenolic OH excluding ortho intramolecular Hbond substituents is 1. The predicted octanol–water partition coefficient (Wildman–Crippen LogP) is 18.9. The fourth-order valence-electron chi connectivity index (χ4n) is 8.19. The summed E-state index contributed by atoms with van der Waals surface area (Å²) in [5, 5.41) is 15.1. The fourth-order valence-corrected chi connectivity index (χ4v) is 10.5. The first-order chi connectivity index (χ1) is 38.7. The van der Waals surface area contributed by atoms with Crippen LogP contribution in [-0.2, 0) is 30.0 Å². The maximum atomic E-state index is 14.3. The number of nitrogens with zero attached hydrogens (tertiary/aromatic N) is 4. The van der Waals surface area contributed by atoms with Gasteiger partial charge in [-0.3, -0.25) is 14.5 Å². The van der Waals surface area contributed by atoms with Crippen LogP contribution in [-0.4, -0.2) is 56.6 Å². The number of amides is 3. The summed E-state index contributed by atoms with van der Waals surface area (Å²) < 4.78 is 42.8. The summed E-state index contributed by atoms with van der Waals surface area (Å²) in [6, 6.07) is 20.3. The predicted molar refractivity (Wildman–Crippen MR) is 328 cm³/mol. The van der Waals surface area contributed by atoms with Gasteiger partial charge in [-0.15, -0.1) is 5.10 Å². The molecule has 0 spiro atoms. The maximum absolute atomic E-state index is 14.3. The van der Waals surface area contributed by atoms with E-state index in [2.05, 4.69) is 5.10 Å². The van der Waals surface area contributed by atoms with Gasteiger partial charge >= 0.3 is 17.8 Å². The van der Waals surface area contributed by atoms with E-state index in [1.165, 1.54) is 12.1 Å². The molecule has 9 rings (SSSR count). The van der Waals surface area contributed by atoms with Gasteiger partial charge < -0.3 is 28.5 Å². The van der Waals surface area contributed by atoms with Gasteiger partial charge in [0.05, 0.1) is 64.8 Å². The molecule has 83 heavy (non-hydrogen) atoms. The van der Waals surface area contributed by atoms with E-state index in [1.54, 1.807) is 30.9 Å². The van der Waals surface area contributed by atoms with Gasteiger partial charge in [0.15, 0.2) is 18.2 Å². The fraction of sp³-hybridized carbons (Fsp3) is 0.328. The van der Waals surface area contributed by atoms with Crippen molar-refractivity contribution in [1.82, 2.24) is 14.7 Å². The second-order valence-corrected chi connectivity index (χ2v) is 24.8. The third-order valence-corrected chi connectivity index (χ3v) is 16.1. The molecule has 3 heterocycles. The van der Waals surface area contributed by atoms with Gasteiger partial charge in [0.25, 0.3) is 5.91 Å². The number of anilines is 1. The lowest BCUT2D eigenvalue weighted by molar-refractivity contribution is -0.139. The van der Waals surface area contributed by atoms with Gasteiger partial charge in [0.1, 0.15) is 33.1 Å². The van der Waals surface area contributed by atoms with E-state index >= 15 is 0 Å². The average molecular weight is 1340 g/mol. The van der Waals surface area contributed by atoms with Crippen LogP contribution in [0.25, 0.3) is 11.3 Å². The molecule has 0 unspecified atom stereocenters. The standard InChI is InChI=1S/C20H19Cl2NO2.C17H17ClFNO4.C15H18Cl2N2O3.C6HCl5O/c1-13-18(14-7-5-4-6-8-14)19(24)23(12-25-13)20(2,3)15-9-16(21)11-17(22)10-15;1-9(2)15-16(21)20(17(22)24-15)13-8-14(11(18)7-12(13)19)23-10-5-3-4-6-10;1-8(2)21-12-7-11(9(16)6-10(12)17)19-14(20)22-13(18-19)15(3,4)5;7-1-2(8)4(10)6(12)5(11)3(1)9/h4-11H,12H2,1-3H3;7-8,10H,3-6H2,1-2H3;6-8H,1-5H3;12H. The first kappa shape index (κ1) is 67.1. The summed E-state index contributed by atoms with van der Waals surface area (Å²) in [6.45, 7) is 18.7. The molecule has 14 nitrogen and oxygen atoms in total. The van der Waals surface area contributed by atoms with Crippen molar-refractivity contribution in [2.75, 3.05) is 11.6 Å². The largest absolute Gasteiger partial charge is 0.505 e. The minimum Gasteiger partial charge on any atom is -0.505 e. The van der Waals surface area contributed by atoms with Crippen molar-refractivity contribution in [3.8, 4) is 22.9 Å². The third-order valence-electron chi connectivity index (χ3n) is 12.6. The summed E-state index contributed by atoms with van der Waals surface area (Å²) in [7, 11) is 0. The number of imide groups is 1. The number of aromatic hydroxyl groups is 1. The number of carbonyl (C=O) groups excluding carboxylic acids is 3. The quantitative estimate of drug-likeness (QED) is 0.0833. The van der Waals surface area contributed by atoms with Crippen LogP contribution in [0.1, 0.15) is 112 Å². The Morgan fingerprint density at radius 1 is 0.723 bits per heavy atom. The zero-order valence-corrected chi connectivity index (χ0v) is 53.7. The van der Waals surface area contributed by atoms with E-state index in [1.807, 2.05) is 97.9 Å². The highest BCUT2D eigenvalue weighted by Crippen LogP contribution is 2.48. The van der Waals surface area contributed by atoms with E-state index in [4.69, 9.17) is 139 Å². The van der Waals surface area contributed by atoms with Crippen LogP contribution in [0.15, 0.2) is 99.1 Å². The highest BCUT2D eigenvalue weighted by molar-refractivity contribution is 6.55. The molecule has 2 fully saturated rings. The van der Waals surface area contributed by atoms with Crippen molar-refractivity contribution in [2.24, 2.45) is 0 Å². The molecule has 1 N–H and O–H groups in total. The molecule has 6 aromatic rings. The molecule has 3 aliphatic rings. The van der Waals surface area contributed by atoms with Crippen molar-refractivity contribution in [3.63, 3.8) is 0 Å². The van der Waals surface area contributed by atoms with Crippen LogP contribution in [0.4, 0.5) is 14.9 Å². The van der Waals surface area contributed by atoms with Crippen molar-refractivity contribution in [2.45, 2.75) is 118 Å². The van der Waals surface area contributed by atoms with E-state index in [9.17, 15) is 28.7 Å². The summed E-state index contributed by atoms with van der Waals surface area (Å²) in [6.07, 6.45) is 2.94. The first-order valence-corrected chi connectivity index (χ1v) is 29.1. The monoisotopic (exact) mass is 1340 g/mol. The van der Waals surface area contributed by atoms with Crippen LogP contribution in [0, 0.1) is 5.82 Å². The topological polar surface area (TPSA) is 163 Å². The molecule has 0 bridgehead atoms.